The first kappa shape index (κ1) is 31.5. The predicted octanol–water partition coefficient (Wildman–Crippen LogP) is 0.307. The lowest BCUT2D eigenvalue weighted by atomic mass is 9.84. The summed E-state index contributed by atoms with van der Waals surface area (Å²) in [6.45, 7) is 7.97. The van der Waals surface area contributed by atoms with Crippen LogP contribution in [0.3, 0.4) is 0 Å². The monoisotopic (exact) mass is 556 g/mol. The summed E-state index contributed by atoms with van der Waals surface area (Å²) in [5.74, 6) is -4.22. The molecule has 2 rings (SSSR count). The van der Waals surface area contributed by atoms with E-state index in [2.05, 4.69) is 0 Å². The molecular weight excluding hydrogens is 520 g/mol. The SMILES string of the molecule is CC(=O)OC[C@H](OC(C)=O)[C@H](OC(C)=O)[C@@H](OC(C)=O)[C@@H]1C[C@H](OCC(C)C)Oc2c1c(=O)n(C)c(=O)n2C. The molecule has 1 aliphatic rings. The average molecular weight is 557 g/mol. The Morgan fingerprint density at radius 1 is 0.872 bits per heavy atom. The molecule has 14 nitrogen and oxygen atoms in total. The smallest absolute Gasteiger partial charge is 0.333 e. The van der Waals surface area contributed by atoms with Crippen LogP contribution >= 0.6 is 0 Å². The molecule has 0 saturated heterocycles. The second-order valence-electron chi connectivity index (χ2n) is 9.64. The number of carbonyl (C=O) groups excluding carboxylic acids is 4. The molecule has 1 aromatic heterocycles. The lowest BCUT2D eigenvalue weighted by Gasteiger charge is -2.40. The summed E-state index contributed by atoms with van der Waals surface area (Å²) in [7, 11) is 2.67. The lowest BCUT2D eigenvalue weighted by molar-refractivity contribution is -0.195. The fourth-order valence-electron chi connectivity index (χ4n) is 4.23. The third kappa shape index (κ3) is 8.15. The molecule has 0 amide bonds. The Morgan fingerprint density at radius 2 is 1.46 bits per heavy atom. The third-order valence-electron chi connectivity index (χ3n) is 5.78. The molecule has 0 fully saturated rings. The number of rotatable bonds is 11. The van der Waals surface area contributed by atoms with E-state index < -0.39 is 72.3 Å². The number of hydrogen-bond donors (Lipinski definition) is 0. The molecule has 1 aliphatic heterocycles. The number of ether oxygens (including phenoxy) is 6. The van der Waals surface area contributed by atoms with Crippen molar-refractivity contribution in [2.75, 3.05) is 13.2 Å². The molecule has 0 radical (unpaired) electrons. The number of fused-ring (bicyclic) bond motifs is 1. The summed E-state index contributed by atoms with van der Waals surface area (Å²) in [4.78, 5) is 74.1. The van der Waals surface area contributed by atoms with Gasteiger partial charge in [0, 0.05) is 54.1 Å². The Kier molecular flexibility index (Phi) is 10.8. The molecule has 1 aromatic rings. The van der Waals surface area contributed by atoms with Crippen molar-refractivity contribution >= 4 is 23.9 Å². The van der Waals surface area contributed by atoms with Gasteiger partial charge in [-0.15, -0.1) is 0 Å². The first-order valence-electron chi connectivity index (χ1n) is 12.4. The Hall–Kier alpha value is -3.68. The summed E-state index contributed by atoms with van der Waals surface area (Å²) >= 11 is 0. The van der Waals surface area contributed by atoms with Gasteiger partial charge in [0.2, 0.25) is 12.2 Å². The summed E-state index contributed by atoms with van der Waals surface area (Å²) in [6.07, 6.45) is -5.46. The van der Waals surface area contributed by atoms with Crippen LogP contribution in [0.4, 0.5) is 0 Å². The Morgan fingerprint density at radius 3 is 1.97 bits per heavy atom. The lowest BCUT2D eigenvalue weighted by Crippen LogP contribution is -2.53. The van der Waals surface area contributed by atoms with E-state index >= 15 is 0 Å². The van der Waals surface area contributed by atoms with Gasteiger partial charge in [-0.25, -0.2) is 4.79 Å². The van der Waals surface area contributed by atoms with Crippen LogP contribution < -0.4 is 16.0 Å². The van der Waals surface area contributed by atoms with Crippen LogP contribution in [0, 0.1) is 5.92 Å². The first-order chi connectivity index (χ1) is 18.1. The van der Waals surface area contributed by atoms with Crippen molar-refractivity contribution < 1.29 is 47.6 Å². The molecule has 218 valence electrons. The van der Waals surface area contributed by atoms with E-state index in [1.165, 1.54) is 14.1 Å². The van der Waals surface area contributed by atoms with E-state index in [0.717, 1.165) is 36.8 Å². The normalized spacial score (nSPS) is 18.7. The molecule has 0 N–H and O–H groups in total. The van der Waals surface area contributed by atoms with Crippen LogP contribution in [-0.2, 0) is 57.0 Å². The zero-order valence-electron chi connectivity index (χ0n) is 23.4. The van der Waals surface area contributed by atoms with Crippen LogP contribution in [0.1, 0.15) is 59.4 Å². The minimum atomic E-state index is -1.53. The highest BCUT2D eigenvalue weighted by molar-refractivity contribution is 5.69. The molecule has 0 aliphatic carbocycles. The molecule has 5 atom stereocenters. The first-order valence-corrected chi connectivity index (χ1v) is 12.4. The minimum absolute atomic E-state index is 0.0403. The van der Waals surface area contributed by atoms with Crippen molar-refractivity contribution in [3.63, 3.8) is 0 Å². The Balaban J connectivity index is 2.79. The predicted molar refractivity (Wildman–Crippen MR) is 133 cm³/mol. The largest absolute Gasteiger partial charge is 0.462 e. The van der Waals surface area contributed by atoms with Gasteiger partial charge in [-0.2, -0.15) is 0 Å². The number of esters is 4. The van der Waals surface area contributed by atoms with Gasteiger partial charge in [-0.3, -0.25) is 33.1 Å². The summed E-state index contributed by atoms with van der Waals surface area (Å²) in [5.41, 5.74) is -1.44. The average Bonchev–Trinajstić information content (AvgIpc) is 2.83. The van der Waals surface area contributed by atoms with E-state index in [9.17, 15) is 28.8 Å². The van der Waals surface area contributed by atoms with Crippen LogP contribution in [0.15, 0.2) is 9.59 Å². The van der Waals surface area contributed by atoms with Gasteiger partial charge in [0.1, 0.15) is 12.7 Å². The Labute approximate surface area is 225 Å². The zero-order valence-corrected chi connectivity index (χ0v) is 23.4. The number of nitrogens with zero attached hydrogens (tertiary/aromatic N) is 2. The third-order valence-corrected chi connectivity index (χ3v) is 5.78. The van der Waals surface area contributed by atoms with Crippen molar-refractivity contribution in [3.8, 4) is 5.88 Å². The highest BCUT2D eigenvalue weighted by atomic mass is 16.7. The molecule has 0 saturated carbocycles. The fourth-order valence-corrected chi connectivity index (χ4v) is 4.23. The molecule has 2 heterocycles. The van der Waals surface area contributed by atoms with Crippen LogP contribution in [-0.4, -0.2) is 70.8 Å². The number of hydrogen-bond acceptors (Lipinski definition) is 12. The maximum atomic E-state index is 13.4. The van der Waals surface area contributed by atoms with E-state index in [-0.39, 0.29) is 30.4 Å². The van der Waals surface area contributed by atoms with Gasteiger partial charge >= 0.3 is 29.6 Å². The molecule has 39 heavy (non-hydrogen) atoms. The molecule has 0 spiro atoms. The summed E-state index contributed by atoms with van der Waals surface area (Å²) < 4.78 is 35.2. The fraction of sp³-hybridized carbons (Fsp3) is 0.680. The molecule has 0 unspecified atom stereocenters. The standard InChI is InChI=1S/C25H36N2O12/c1-12(2)10-35-19-9-17(20-23(32)26(7)25(33)27(8)24(20)39-19)21(37-15(5)30)22(38-16(6)31)18(36-14(4)29)11-34-13(3)28/h12,17-19,21-22H,9-11H2,1-8H3/t17-,18+,19-,21+,22+/m1/s1. The maximum absolute atomic E-state index is 13.4. The highest BCUT2D eigenvalue weighted by Gasteiger charge is 2.48. The molecular formula is C25H36N2O12. The maximum Gasteiger partial charge on any atom is 0.333 e. The number of carbonyl (C=O) groups is 4. The minimum Gasteiger partial charge on any atom is -0.462 e. The second kappa shape index (κ2) is 13.4. The Bertz CT molecular complexity index is 1200. The van der Waals surface area contributed by atoms with Crippen molar-refractivity contribution in [1.29, 1.82) is 0 Å². The van der Waals surface area contributed by atoms with E-state index in [4.69, 9.17) is 28.4 Å². The number of aromatic nitrogens is 2. The zero-order chi connectivity index (χ0) is 29.6. The van der Waals surface area contributed by atoms with Crippen molar-refractivity contribution in [2.45, 2.75) is 78.5 Å². The van der Waals surface area contributed by atoms with Crippen molar-refractivity contribution in [1.82, 2.24) is 9.13 Å². The topological polar surface area (TPSA) is 168 Å². The van der Waals surface area contributed by atoms with Gasteiger partial charge in [0.05, 0.1) is 12.2 Å². The quantitative estimate of drug-likeness (QED) is 0.271. The van der Waals surface area contributed by atoms with Crippen LogP contribution in [0.2, 0.25) is 0 Å². The molecule has 0 aromatic carbocycles. The summed E-state index contributed by atoms with van der Waals surface area (Å²) in [6, 6.07) is 0. The van der Waals surface area contributed by atoms with Crippen molar-refractivity contribution in [3.05, 3.63) is 26.4 Å². The van der Waals surface area contributed by atoms with E-state index in [1.807, 2.05) is 13.8 Å². The molecule has 14 heteroatoms. The van der Waals surface area contributed by atoms with Gasteiger partial charge in [0.15, 0.2) is 12.2 Å². The highest BCUT2D eigenvalue weighted by Crippen LogP contribution is 2.39. The second-order valence-corrected chi connectivity index (χ2v) is 9.64. The van der Waals surface area contributed by atoms with Gasteiger partial charge in [-0.05, 0) is 5.92 Å². The van der Waals surface area contributed by atoms with E-state index in [0.29, 0.717) is 0 Å². The summed E-state index contributed by atoms with van der Waals surface area (Å²) in [5, 5.41) is 0. The van der Waals surface area contributed by atoms with Crippen LogP contribution in [0.25, 0.3) is 0 Å². The van der Waals surface area contributed by atoms with Gasteiger partial charge in [0.25, 0.3) is 5.56 Å². The van der Waals surface area contributed by atoms with E-state index in [1.54, 1.807) is 0 Å². The van der Waals surface area contributed by atoms with Gasteiger partial charge in [-0.1, -0.05) is 13.8 Å². The van der Waals surface area contributed by atoms with Crippen LogP contribution in [0.5, 0.6) is 5.88 Å². The molecule has 0 bridgehead atoms. The van der Waals surface area contributed by atoms with Gasteiger partial charge < -0.3 is 28.4 Å². The van der Waals surface area contributed by atoms with Crippen molar-refractivity contribution in [2.24, 2.45) is 20.0 Å².